The highest BCUT2D eigenvalue weighted by Gasteiger charge is 2.19. The Hall–Kier alpha value is -1.02. The molecule has 88 valence electrons. The van der Waals surface area contributed by atoms with Crippen LogP contribution in [0, 0.1) is 0 Å². The maximum Gasteiger partial charge on any atom is 0.119 e. The van der Waals surface area contributed by atoms with Crippen LogP contribution in [0.1, 0.15) is 31.7 Å². The molecule has 0 saturated heterocycles. The molecule has 0 bridgehead atoms. The van der Waals surface area contributed by atoms with Crippen molar-refractivity contribution in [2.45, 2.75) is 38.6 Å². The minimum absolute atomic E-state index is 0.808. The van der Waals surface area contributed by atoms with Gasteiger partial charge in [-0.05, 0) is 49.9 Å². The number of hydrogen-bond donors (Lipinski definition) is 1. The lowest BCUT2D eigenvalue weighted by Gasteiger charge is -2.06. The zero-order valence-corrected chi connectivity index (χ0v) is 10.0. The number of rotatable bonds is 7. The second kappa shape index (κ2) is 5.90. The molecule has 0 unspecified atom stereocenters. The molecule has 1 aliphatic rings. The largest absolute Gasteiger partial charge is 0.494 e. The van der Waals surface area contributed by atoms with Crippen LogP contribution in [-0.4, -0.2) is 19.2 Å². The summed E-state index contributed by atoms with van der Waals surface area (Å²) in [5.41, 5.74) is 1.39. The van der Waals surface area contributed by atoms with Crippen molar-refractivity contribution in [3.63, 3.8) is 0 Å². The molecular formula is C14H21NO. The Morgan fingerprint density at radius 2 is 2.00 bits per heavy atom. The summed E-state index contributed by atoms with van der Waals surface area (Å²) < 4.78 is 5.55. The molecule has 1 saturated carbocycles. The van der Waals surface area contributed by atoms with Gasteiger partial charge in [-0.25, -0.2) is 0 Å². The van der Waals surface area contributed by atoms with Crippen LogP contribution in [0.5, 0.6) is 5.75 Å². The molecule has 0 amide bonds. The normalized spacial score (nSPS) is 15.1. The lowest BCUT2D eigenvalue weighted by atomic mass is 10.1. The Balaban J connectivity index is 1.72. The quantitative estimate of drug-likeness (QED) is 0.761. The third kappa shape index (κ3) is 3.86. The summed E-state index contributed by atoms with van der Waals surface area (Å²) in [6.45, 7) is 4.03. The van der Waals surface area contributed by atoms with Crippen molar-refractivity contribution < 1.29 is 4.74 Å². The fourth-order valence-corrected chi connectivity index (χ4v) is 1.68. The van der Waals surface area contributed by atoms with Crippen LogP contribution in [0.4, 0.5) is 0 Å². The van der Waals surface area contributed by atoms with Crippen LogP contribution in [0.15, 0.2) is 24.3 Å². The average Bonchev–Trinajstić information content (AvgIpc) is 3.12. The smallest absolute Gasteiger partial charge is 0.119 e. The van der Waals surface area contributed by atoms with E-state index in [9.17, 15) is 0 Å². The van der Waals surface area contributed by atoms with Gasteiger partial charge in [-0.1, -0.05) is 19.1 Å². The maximum atomic E-state index is 5.55. The Bertz CT molecular complexity index is 303. The zero-order chi connectivity index (χ0) is 11.2. The minimum Gasteiger partial charge on any atom is -0.494 e. The van der Waals surface area contributed by atoms with Crippen molar-refractivity contribution >= 4 is 0 Å². The van der Waals surface area contributed by atoms with E-state index in [1.165, 1.54) is 18.4 Å². The van der Waals surface area contributed by atoms with Crippen molar-refractivity contribution in [2.24, 2.45) is 0 Å². The Labute approximate surface area is 98.0 Å². The van der Waals surface area contributed by atoms with Crippen LogP contribution in [0.3, 0.4) is 0 Å². The molecule has 1 fully saturated rings. The van der Waals surface area contributed by atoms with Gasteiger partial charge in [0, 0.05) is 6.04 Å². The molecule has 2 heteroatoms. The van der Waals surface area contributed by atoms with Crippen molar-refractivity contribution in [3.8, 4) is 5.75 Å². The van der Waals surface area contributed by atoms with Crippen molar-refractivity contribution in [1.82, 2.24) is 5.32 Å². The average molecular weight is 219 g/mol. The number of nitrogens with one attached hydrogen (secondary N) is 1. The Kier molecular flexibility index (Phi) is 4.23. The molecule has 16 heavy (non-hydrogen) atoms. The molecule has 2 nitrogen and oxygen atoms in total. The lowest BCUT2D eigenvalue weighted by Crippen LogP contribution is -2.19. The zero-order valence-electron chi connectivity index (χ0n) is 10.0. The summed E-state index contributed by atoms with van der Waals surface area (Å²) in [7, 11) is 0. The van der Waals surface area contributed by atoms with Crippen LogP contribution < -0.4 is 10.1 Å². The predicted octanol–water partition coefficient (Wildman–Crippen LogP) is 2.77. The maximum absolute atomic E-state index is 5.55. The SMILES string of the molecule is CCCOc1ccc(CCNC2CC2)cc1. The van der Waals surface area contributed by atoms with E-state index in [-0.39, 0.29) is 0 Å². The van der Waals surface area contributed by atoms with Gasteiger partial charge in [0.15, 0.2) is 0 Å². The van der Waals surface area contributed by atoms with Crippen LogP contribution in [-0.2, 0) is 6.42 Å². The predicted molar refractivity (Wildman–Crippen MR) is 67.0 cm³/mol. The third-order valence-electron chi connectivity index (χ3n) is 2.82. The highest BCUT2D eigenvalue weighted by atomic mass is 16.5. The molecule has 0 heterocycles. The van der Waals surface area contributed by atoms with Crippen molar-refractivity contribution in [2.75, 3.05) is 13.2 Å². The Morgan fingerprint density at radius 1 is 1.25 bits per heavy atom. The number of hydrogen-bond acceptors (Lipinski definition) is 2. The van der Waals surface area contributed by atoms with Crippen molar-refractivity contribution in [3.05, 3.63) is 29.8 Å². The van der Waals surface area contributed by atoms with Crippen molar-refractivity contribution in [1.29, 1.82) is 0 Å². The first-order chi connectivity index (χ1) is 7.88. The first kappa shape index (κ1) is 11.5. The summed E-state index contributed by atoms with van der Waals surface area (Å²) in [5.74, 6) is 0.987. The van der Waals surface area contributed by atoms with Gasteiger partial charge in [-0.15, -0.1) is 0 Å². The van der Waals surface area contributed by atoms with Crippen LogP contribution in [0.2, 0.25) is 0 Å². The van der Waals surface area contributed by atoms with Gasteiger partial charge in [0.05, 0.1) is 6.61 Å². The molecule has 0 spiro atoms. The van der Waals surface area contributed by atoms with E-state index in [1.807, 2.05) is 0 Å². The highest BCUT2D eigenvalue weighted by Crippen LogP contribution is 2.18. The second-order valence-electron chi connectivity index (χ2n) is 4.47. The monoisotopic (exact) mass is 219 g/mol. The molecule has 0 aliphatic heterocycles. The minimum atomic E-state index is 0.808. The molecular weight excluding hydrogens is 198 g/mol. The van der Waals surface area contributed by atoms with E-state index in [4.69, 9.17) is 4.74 Å². The highest BCUT2D eigenvalue weighted by molar-refractivity contribution is 5.27. The van der Waals surface area contributed by atoms with Gasteiger partial charge in [-0.2, -0.15) is 0 Å². The molecule has 1 aromatic carbocycles. The Morgan fingerprint density at radius 3 is 2.62 bits per heavy atom. The van der Waals surface area contributed by atoms with E-state index in [0.29, 0.717) is 0 Å². The van der Waals surface area contributed by atoms with E-state index in [1.54, 1.807) is 0 Å². The van der Waals surface area contributed by atoms with E-state index >= 15 is 0 Å². The lowest BCUT2D eigenvalue weighted by molar-refractivity contribution is 0.317. The van der Waals surface area contributed by atoms with E-state index in [2.05, 4.69) is 36.5 Å². The summed E-state index contributed by atoms with van der Waals surface area (Å²) >= 11 is 0. The molecule has 1 aromatic rings. The van der Waals surface area contributed by atoms with Gasteiger partial charge >= 0.3 is 0 Å². The van der Waals surface area contributed by atoms with E-state index < -0.39 is 0 Å². The second-order valence-corrected chi connectivity index (χ2v) is 4.47. The van der Waals surface area contributed by atoms with Gasteiger partial charge in [-0.3, -0.25) is 0 Å². The fraction of sp³-hybridized carbons (Fsp3) is 0.571. The third-order valence-corrected chi connectivity index (χ3v) is 2.82. The van der Waals surface area contributed by atoms with Gasteiger partial charge in [0.1, 0.15) is 5.75 Å². The standard InChI is InChI=1S/C14H21NO/c1-2-11-16-14-7-3-12(4-8-14)9-10-15-13-5-6-13/h3-4,7-8,13,15H,2,5-6,9-11H2,1H3. The fourth-order valence-electron chi connectivity index (χ4n) is 1.68. The van der Waals surface area contributed by atoms with Crippen LogP contribution >= 0.6 is 0 Å². The number of ether oxygens (including phenoxy) is 1. The van der Waals surface area contributed by atoms with Crippen LogP contribution in [0.25, 0.3) is 0 Å². The molecule has 0 atom stereocenters. The number of benzene rings is 1. The topological polar surface area (TPSA) is 21.3 Å². The molecule has 1 aliphatic carbocycles. The summed E-state index contributed by atoms with van der Waals surface area (Å²) in [6, 6.07) is 9.29. The van der Waals surface area contributed by atoms with Gasteiger partial charge in [0.2, 0.25) is 0 Å². The van der Waals surface area contributed by atoms with Gasteiger partial charge < -0.3 is 10.1 Å². The molecule has 2 rings (SSSR count). The first-order valence-electron chi connectivity index (χ1n) is 6.33. The van der Waals surface area contributed by atoms with Gasteiger partial charge in [0.25, 0.3) is 0 Å². The van der Waals surface area contributed by atoms with E-state index in [0.717, 1.165) is 37.8 Å². The molecule has 0 radical (unpaired) electrons. The first-order valence-corrected chi connectivity index (χ1v) is 6.33. The molecule has 1 N–H and O–H groups in total. The summed E-state index contributed by atoms with van der Waals surface area (Å²) in [5, 5.41) is 3.52. The summed E-state index contributed by atoms with van der Waals surface area (Å²) in [6.07, 6.45) is 4.91. The molecule has 0 aromatic heterocycles. The summed E-state index contributed by atoms with van der Waals surface area (Å²) in [4.78, 5) is 0.